The SMILES string of the molecule is COc1cc(C(C(=O)NC2CCCCC2)N(C(=O)c2ccco2)c2ccc3c(c2)OCCO3)cc(OC)c1OC. The summed E-state index contributed by atoms with van der Waals surface area (Å²) in [5, 5.41) is 3.20. The van der Waals surface area contributed by atoms with Gasteiger partial charge in [0, 0.05) is 17.8 Å². The van der Waals surface area contributed by atoms with Gasteiger partial charge in [-0.2, -0.15) is 0 Å². The van der Waals surface area contributed by atoms with Gasteiger partial charge in [-0.05, 0) is 54.8 Å². The Bertz CT molecular complexity index is 1310. The van der Waals surface area contributed by atoms with E-state index in [9.17, 15) is 9.59 Å². The van der Waals surface area contributed by atoms with Crippen molar-refractivity contribution in [2.45, 2.75) is 44.2 Å². The fraction of sp³-hybridized carbons (Fsp3) is 0.400. The highest BCUT2D eigenvalue weighted by molar-refractivity contribution is 6.09. The minimum Gasteiger partial charge on any atom is -0.493 e. The van der Waals surface area contributed by atoms with Crippen LogP contribution in [0.2, 0.25) is 0 Å². The Morgan fingerprint density at radius 3 is 2.23 bits per heavy atom. The molecule has 0 spiro atoms. The number of rotatable bonds is 9. The van der Waals surface area contributed by atoms with Crippen molar-refractivity contribution >= 4 is 17.5 Å². The maximum atomic E-state index is 14.2. The summed E-state index contributed by atoms with van der Waals surface area (Å²) in [4.78, 5) is 29.8. The first-order valence-corrected chi connectivity index (χ1v) is 13.4. The number of fused-ring (bicyclic) bond motifs is 1. The molecule has 1 N–H and O–H groups in total. The van der Waals surface area contributed by atoms with Gasteiger partial charge < -0.3 is 33.4 Å². The smallest absolute Gasteiger partial charge is 0.294 e. The van der Waals surface area contributed by atoms with Crippen molar-refractivity contribution in [3.05, 3.63) is 60.1 Å². The number of nitrogens with zero attached hydrogens (tertiary/aromatic N) is 1. The third-order valence-electron chi connectivity index (χ3n) is 7.22. The van der Waals surface area contributed by atoms with E-state index in [4.69, 9.17) is 28.1 Å². The Morgan fingerprint density at radius 2 is 1.60 bits per heavy atom. The average molecular weight is 551 g/mol. The highest BCUT2D eigenvalue weighted by Gasteiger charge is 2.37. The molecule has 3 aromatic rings. The number of benzene rings is 2. The van der Waals surface area contributed by atoms with Crippen LogP contribution in [0.4, 0.5) is 5.69 Å². The number of hydrogen-bond acceptors (Lipinski definition) is 8. The van der Waals surface area contributed by atoms with Crippen molar-refractivity contribution in [2.75, 3.05) is 39.4 Å². The van der Waals surface area contributed by atoms with Crippen LogP contribution >= 0.6 is 0 Å². The van der Waals surface area contributed by atoms with E-state index in [1.54, 1.807) is 42.5 Å². The number of methoxy groups -OCH3 is 3. The van der Waals surface area contributed by atoms with Crippen LogP contribution in [-0.4, -0.2) is 52.4 Å². The largest absolute Gasteiger partial charge is 0.493 e. The fourth-order valence-electron chi connectivity index (χ4n) is 5.29. The van der Waals surface area contributed by atoms with Gasteiger partial charge in [-0.25, -0.2) is 0 Å². The second-order valence-electron chi connectivity index (χ2n) is 9.69. The van der Waals surface area contributed by atoms with E-state index in [1.807, 2.05) is 0 Å². The quantitative estimate of drug-likeness (QED) is 0.400. The molecule has 2 amide bonds. The Labute approximate surface area is 233 Å². The summed E-state index contributed by atoms with van der Waals surface area (Å²) in [7, 11) is 4.52. The minimum absolute atomic E-state index is 0.00613. The Balaban J connectivity index is 1.67. The highest BCUT2D eigenvalue weighted by Crippen LogP contribution is 2.43. The first-order valence-electron chi connectivity index (χ1n) is 13.4. The topological polar surface area (TPSA) is 109 Å². The third-order valence-corrected chi connectivity index (χ3v) is 7.22. The Kier molecular flexibility index (Phi) is 8.33. The van der Waals surface area contributed by atoms with Crippen molar-refractivity contribution < 1.29 is 37.7 Å². The van der Waals surface area contributed by atoms with Crippen LogP contribution in [0.25, 0.3) is 0 Å². The molecule has 1 aliphatic heterocycles. The van der Waals surface area contributed by atoms with Gasteiger partial charge in [0.25, 0.3) is 5.91 Å². The van der Waals surface area contributed by atoms with E-state index in [2.05, 4.69) is 5.32 Å². The average Bonchev–Trinajstić information content (AvgIpc) is 3.54. The number of amides is 2. The number of nitrogens with one attached hydrogen (secondary N) is 1. The van der Waals surface area contributed by atoms with Gasteiger partial charge in [-0.15, -0.1) is 0 Å². The van der Waals surface area contributed by atoms with Crippen LogP contribution in [0.1, 0.15) is 54.3 Å². The Hall–Kier alpha value is -4.34. The molecule has 1 unspecified atom stereocenters. The van der Waals surface area contributed by atoms with Crippen LogP contribution < -0.4 is 33.9 Å². The minimum atomic E-state index is -1.12. The maximum absolute atomic E-state index is 14.2. The summed E-state index contributed by atoms with van der Waals surface area (Å²) in [6, 6.07) is 10.6. The van der Waals surface area contributed by atoms with E-state index in [0.717, 1.165) is 32.1 Å². The predicted octanol–water partition coefficient (Wildman–Crippen LogP) is 4.91. The van der Waals surface area contributed by atoms with E-state index in [-0.39, 0.29) is 17.7 Å². The lowest BCUT2D eigenvalue weighted by Gasteiger charge is -2.34. The number of hydrogen-bond donors (Lipinski definition) is 1. The van der Waals surface area contributed by atoms with Crippen molar-refractivity contribution in [2.24, 2.45) is 0 Å². The van der Waals surface area contributed by atoms with Gasteiger partial charge in [-0.3, -0.25) is 14.5 Å². The molecule has 5 rings (SSSR count). The zero-order chi connectivity index (χ0) is 28.1. The van der Waals surface area contributed by atoms with Gasteiger partial charge >= 0.3 is 0 Å². The molecule has 1 saturated carbocycles. The van der Waals surface area contributed by atoms with Crippen LogP contribution in [0, 0.1) is 0 Å². The number of carbonyl (C=O) groups is 2. The van der Waals surface area contributed by atoms with Crippen LogP contribution in [0.3, 0.4) is 0 Å². The zero-order valence-electron chi connectivity index (χ0n) is 22.9. The lowest BCUT2D eigenvalue weighted by Crippen LogP contribution is -2.47. The maximum Gasteiger partial charge on any atom is 0.294 e. The standard InChI is InChI=1S/C30H34N2O8/c1-35-25-16-19(17-26(36-2)28(25)37-3)27(29(33)31-20-8-5-4-6-9-20)32(30(34)23-10-7-13-38-23)21-11-12-22-24(18-21)40-15-14-39-22/h7,10-13,16-18,20,27H,4-6,8-9,14-15H2,1-3H3,(H,31,33). The fourth-order valence-corrected chi connectivity index (χ4v) is 5.29. The van der Waals surface area contributed by atoms with Crippen LogP contribution in [0.15, 0.2) is 53.1 Å². The molecule has 2 aromatic carbocycles. The first kappa shape index (κ1) is 27.2. The van der Waals surface area contributed by atoms with E-state index < -0.39 is 11.9 Å². The summed E-state index contributed by atoms with van der Waals surface area (Å²) in [5.74, 6) is 1.39. The van der Waals surface area contributed by atoms with Crippen LogP contribution in [0.5, 0.6) is 28.7 Å². The summed E-state index contributed by atoms with van der Waals surface area (Å²) in [5.41, 5.74) is 0.904. The third kappa shape index (κ3) is 5.52. The number of carbonyl (C=O) groups excluding carboxylic acids is 2. The molecule has 1 atom stereocenters. The normalized spacial score (nSPS) is 15.6. The van der Waals surface area contributed by atoms with E-state index in [1.165, 1.54) is 32.5 Å². The molecule has 10 heteroatoms. The lowest BCUT2D eigenvalue weighted by molar-refractivity contribution is -0.123. The molecule has 1 aromatic heterocycles. The van der Waals surface area contributed by atoms with E-state index in [0.29, 0.717) is 53.2 Å². The number of anilines is 1. The van der Waals surface area contributed by atoms with Crippen molar-refractivity contribution in [3.63, 3.8) is 0 Å². The second-order valence-corrected chi connectivity index (χ2v) is 9.69. The zero-order valence-corrected chi connectivity index (χ0v) is 22.9. The highest BCUT2D eigenvalue weighted by atomic mass is 16.6. The summed E-state index contributed by atoms with van der Waals surface area (Å²) >= 11 is 0. The Morgan fingerprint density at radius 1 is 0.900 bits per heavy atom. The molecule has 40 heavy (non-hydrogen) atoms. The molecule has 0 bridgehead atoms. The predicted molar refractivity (Wildman–Crippen MR) is 147 cm³/mol. The molecule has 1 aliphatic carbocycles. The number of ether oxygens (including phenoxy) is 5. The van der Waals surface area contributed by atoms with E-state index >= 15 is 0 Å². The molecular weight excluding hydrogens is 516 g/mol. The lowest BCUT2D eigenvalue weighted by atomic mass is 9.94. The second kappa shape index (κ2) is 12.2. The summed E-state index contributed by atoms with van der Waals surface area (Å²) < 4.78 is 33.7. The molecule has 1 fully saturated rings. The van der Waals surface area contributed by atoms with Crippen molar-refractivity contribution in [1.29, 1.82) is 0 Å². The number of furan rings is 1. The van der Waals surface area contributed by atoms with Gasteiger partial charge in [0.2, 0.25) is 11.7 Å². The molecule has 2 aliphatic rings. The molecule has 0 radical (unpaired) electrons. The van der Waals surface area contributed by atoms with Gasteiger partial charge in [-0.1, -0.05) is 19.3 Å². The summed E-state index contributed by atoms with van der Waals surface area (Å²) in [6.07, 6.45) is 6.40. The van der Waals surface area contributed by atoms with Gasteiger partial charge in [0.05, 0.1) is 27.6 Å². The molecule has 2 heterocycles. The molecule has 10 nitrogen and oxygen atoms in total. The van der Waals surface area contributed by atoms with Gasteiger partial charge in [0.1, 0.15) is 19.3 Å². The van der Waals surface area contributed by atoms with Crippen molar-refractivity contribution in [3.8, 4) is 28.7 Å². The monoisotopic (exact) mass is 550 g/mol. The summed E-state index contributed by atoms with van der Waals surface area (Å²) in [6.45, 7) is 0.806. The first-order chi connectivity index (χ1) is 19.5. The van der Waals surface area contributed by atoms with Crippen LogP contribution in [-0.2, 0) is 4.79 Å². The molecule has 0 saturated heterocycles. The van der Waals surface area contributed by atoms with Crippen molar-refractivity contribution in [1.82, 2.24) is 5.32 Å². The molecular formula is C30H34N2O8. The molecule has 212 valence electrons. The van der Waals surface area contributed by atoms with Gasteiger partial charge in [0.15, 0.2) is 28.8 Å².